The highest BCUT2D eigenvalue weighted by Gasteiger charge is 2.33. The van der Waals surface area contributed by atoms with E-state index in [1.807, 2.05) is 11.0 Å². The van der Waals surface area contributed by atoms with Gasteiger partial charge in [0.1, 0.15) is 0 Å². The summed E-state index contributed by atoms with van der Waals surface area (Å²) in [6.07, 6.45) is 6.59. The first-order valence-corrected chi connectivity index (χ1v) is 12.2. The number of amides is 1. The Balaban J connectivity index is 1.43. The second-order valence-electron chi connectivity index (χ2n) is 9.03. The molecule has 1 aliphatic heterocycles. The molecule has 2 aliphatic rings. The van der Waals surface area contributed by atoms with Gasteiger partial charge in [-0.15, -0.1) is 0 Å². The molecular formula is C25H41N5O2. The molecule has 0 radical (unpaired) electrons. The highest BCUT2D eigenvalue weighted by Crippen LogP contribution is 2.41. The quantitative estimate of drug-likeness (QED) is 0.430. The molecule has 32 heavy (non-hydrogen) atoms. The number of ether oxygens (including phenoxy) is 1. The Labute approximate surface area is 193 Å². The first-order valence-electron chi connectivity index (χ1n) is 12.2. The summed E-state index contributed by atoms with van der Waals surface area (Å²) in [6, 6.07) is 10.4. The molecule has 0 unspecified atom stereocenters. The highest BCUT2D eigenvalue weighted by molar-refractivity contribution is 5.81. The van der Waals surface area contributed by atoms with Crippen molar-refractivity contribution in [1.29, 1.82) is 0 Å². The first kappa shape index (κ1) is 24.4. The number of nitrogens with one attached hydrogen (secondary N) is 2. The minimum absolute atomic E-state index is 0.216. The van der Waals surface area contributed by atoms with Gasteiger partial charge in [-0.1, -0.05) is 31.0 Å². The number of para-hydroxylation sites is 1. The van der Waals surface area contributed by atoms with E-state index in [1.165, 1.54) is 31.4 Å². The molecule has 1 aliphatic carbocycles. The smallest absolute Gasteiger partial charge is 0.224 e. The van der Waals surface area contributed by atoms with E-state index in [0.717, 1.165) is 58.3 Å². The number of piperazine rings is 1. The van der Waals surface area contributed by atoms with Crippen LogP contribution in [0.5, 0.6) is 0 Å². The minimum Gasteiger partial charge on any atom is -0.385 e. The molecule has 2 fully saturated rings. The molecule has 1 amide bonds. The van der Waals surface area contributed by atoms with Crippen LogP contribution in [0.2, 0.25) is 0 Å². The molecule has 3 rings (SSSR count). The lowest BCUT2D eigenvalue weighted by molar-refractivity contribution is -0.131. The molecule has 0 atom stereocenters. The first-order chi connectivity index (χ1) is 15.7. The zero-order valence-electron chi connectivity index (χ0n) is 19.9. The van der Waals surface area contributed by atoms with Gasteiger partial charge in [0.25, 0.3) is 0 Å². The van der Waals surface area contributed by atoms with Crippen molar-refractivity contribution < 1.29 is 9.53 Å². The number of hydrogen-bond donors (Lipinski definition) is 2. The van der Waals surface area contributed by atoms with E-state index in [4.69, 9.17) is 9.73 Å². The number of hydrogen-bond acceptors (Lipinski definition) is 4. The molecule has 7 heteroatoms. The normalized spacial score (nSPS) is 18.6. The number of methoxy groups -OCH3 is 1. The van der Waals surface area contributed by atoms with Crippen molar-refractivity contribution in [2.75, 3.05) is 64.4 Å². The summed E-state index contributed by atoms with van der Waals surface area (Å²) in [5.74, 6) is 1.03. The molecule has 2 N–H and O–H groups in total. The van der Waals surface area contributed by atoms with Crippen LogP contribution >= 0.6 is 0 Å². The predicted octanol–water partition coefficient (Wildman–Crippen LogP) is 2.88. The third-order valence-electron chi connectivity index (χ3n) is 6.80. The zero-order valence-corrected chi connectivity index (χ0v) is 19.9. The van der Waals surface area contributed by atoms with E-state index in [0.29, 0.717) is 13.0 Å². The molecule has 0 bridgehead atoms. The molecule has 7 nitrogen and oxygen atoms in total. The number of benzene rings is 1. The summed E-state index contributed by atoms with van der Waals surface area (Å²) in [4.78, 5) is 21.9. The van der Waals surface area contributed by atoms with Crippen molar-refractivity contribution in [3.05, 3.63) is 30.3 Å². The standard InChI is InChI=1S/C25H41N5O2/c1-3-26-24(28-21-25(14-20-32-2)12-7-8-13-25)27-15-11-23(31)30-18-16-29(17-19-30)22-9-5-4-6-10-22/h4-6,9-10H,3,7-8,11-21H2,1-2H3,(H2,26,27,28). The summed E-state index contributed by atoms with van der Waals surface area (Å²) < 4.78 is 5.34. The van der Waals surface area contributed by atoms with Crippen LogP contribution in [-0.2, 0) is 9.53 Å². The van der Waals surface area contributed by atoms with Crippen LogP contribution in [0.3, 0.4) is 0 Å². The average Bonchev–Trinajstić information content (AvgIpc) is 3.31. The third kappa shape index (κ3) is 7.12. The lowest BCUT2D eigenvalue weighted by Gasteiger charge is -2.36. The average molecular weight is 444 g/mol. The SMILES string of the molecule is CCNC(=NCC1(CCOC)CCCC1)NCCC(=O)N1CCN(c2ccccc2)CC1. The second-order valence-corrected chi connectivity index (χ2v) is 9.03. The van der Waals surface area contributed by atoms with E-state index >= 15 is 0 Å². The Morgan fingerprint density at radius 3 is 2.47 bits per heavy atom. The van der Waals surface area contributed by atoms with E-state index in [1.54, 1.807) is 7.11 Å². The molecular weight excluding hydrogens is 402 g/mol. The molecule has 1 aromatic carbocycles. The minimum atomic E-state index is 0.216. The lowest BCUT2D eigenvalue weighted by atomic mass is 9.83. The number of aliphatic imine (C=N–C) groups is 1. The number of nitrogens with zero attached hydrogens (tertiary/aromatic N) is 3. The van der Waals surface area contributed by atoms with Crippen LogP contribution in [-0.4, -0.2) is 76.3 Å². The fourth-order valence-corrected chi connectivity index (χ4v) is 4.82. The molecule has 0 aromatic heterocycles. The van der Waals surface area contributed by atoms with E-state index in [2.05, 4.69) is 46.7 Å². The second kappa shape index (κ2) is 12.7. The number of anilines is 1. The van der Waals surface area contributed by atoms with Gasteiger partial charge in [-0.05, 0) is 43.7 Å². The number of carbonyl (C=O) groups is 1. The highest BCUT2D eigenvalue weighted by atomic mass is 16.5. The lowest BCUT2D eigenvalue weighted by Crippen LogP contribution is -2.49. The zero-order chi connectivity index (χ0) is 22.7. The van der Waals surface area contributed by atoms with Gasteiger partial charge in [0.05, 0.1) is 0 Å². The maximum Gasteiger partial charge on any atom is 0.224 e. The van der Waals surface area contributed by atoms with Crippen molar-refractivity contribution >= 4 is 17.6 Å². The van der Waals surface area contributed by atoms with E-state index in [-0.39, 0.29) is 11.3 Å². The van der Waals surface area contributed by atoms with Crippen LogP contribution in [0.4, 0.5) is 5.69 Å². The van der Waals surface area contributed by atoms with Gasteiger partial charge in [-0.25, -0.2) is 0 Å². The van der Waals surface area contributed by atoms with Gasteiger partial charge in [0.15, 0.2) is 5.96 Å². The van der Waals surface area contributed by atoms with E-state index in [9.17, 15) is 4.79 Å². The van der Waals surface area contributed by atoms with Crippen molar-refractivity contribution in [3.63, 3.8) is 0 Å². The number of guanidine groups is 1. The fraction of sp³-hybridized carbons (Fsp3) is 0.680. The molecule has 0 spiro atoms. The Kier molecular flexibility index (Phi) is 9.65. The van der Waals surface area contributed by atoms with Crippen molar-refractivity contribution in [3.8, 4) is 0 Å². The number of rotatable bonds is 10. The molecule has 1 saturated carbocycles. The van der Waals surface area contributed by atoms with Gasteiger partial charge in [-0.3, -0.25) is 9.79 Å². The van der Waals surface area contributed by atoms with Gasteiger partial charge < -0.3 is 25.2 Å². The van der Waals surface area contributed by atoms with Gasteiger partial charge in [0, 0.05) is 71.6 Å². The summed E-state index contributed by atoms with van der Waals surface area (Å²) in [6.45, 7) is 8.44. The van der Waals surface area contributed by atoms with Crippen LogP contribution in [0.25, 0.3) is 0 Å². The Morgan fingerprint density at radius 1 is 1.09 bits per heavy atom. The maximum absolute atomic E-state index is 12.7. The van der Waals surface area contributed by atoms with Crippen LogP contribution in [0.15, 0.2) is 35.3 Å². The molecule has 1 saturated heterocycles. The largest absolute Gasteiger partial charge is 0.385 e. The summed E-state index contributed by atoms with van der Waals surface area (Å²) in [5, 5.41) is 6.71. The number of carbonyl (C=O) groups excluding carboxylic acids is 1. The predicted molar refractivity (Wildman–Crippen MR) is 131 cm³/mol. The van der Waals surface area contributed by atoms with Gasteiger partial charge >= 0.3 is 0 Å². The van der Waals surface area contributed by atoms with Crippen LogP contribution in [0, 0.1) is 5.41 Å². The van der Waals surface area contributed by atoms with Gasteiger partial charge in [-0.2, -0.15) is 0 Å². The molecule has 1 heterocycles. The summed E-state index contributed by atoms with van der Waals surface area (Å²) in [7, 11) is 1.77. The third-order valence-corrected chi connectivity index (χ3v) is 6.80. The Morgan fingerprint density at radius 2 is 1.81 bits per heavy atom. The Bertz CT molecular complexity index is 710. The Hall–Kier alpha value is -2.28. The topological polar surface area (TPSA) is 69.2 Å². The van der Waals surface area contributed by atoms with Crippen LogP contribution < -0.4 is 15.5 Å². The van der Waals surface area contributed by atoms with Crippen LogP contribution in [0.1, 0.15) is 45.4 Å². The van der Waals surface area contributed by atoms with E-state index < -0.39 is 0 Å². The van der Waals surface area contributed by atoms with Crippen molar-refractivity contribution in [2.45, 2.75) is 45.4 Å². The fourth-order valence-electron chi connectivity index (χ4n) is 4.82. The van der Waals surface area contributed by atoms with Crippen molar-refractivity contribution in [1.82, 2.24) is 15.5 Å². The molecule has 178 valence electrons. The maximum atomic E-state index is 12.7. The monoisotopic (exact) mass is 443 g/mol. The van der Waals surface area contributed by atoms with Gasteiger partial charge in [0.2, 0.25) is 5.91 Å². The summed E-state index contributed by atoms with van der Waals surface area (Å²) in [5.41, 5.74) is 1.50. The summed E-state index contributed by atoms with van der Waals surface area (Å²) >= 11 is 0. The van der Waals surface area contributed by atoms with Crippen molar-refractivity contribution in [2.24, 2.45) is 10.4 Å². The molecule has 1 aromatic rings.